The summed E-state index contributed by atoms with van der Waals surface area (Å²) in [4.78, 5) is 10.8. The molecule has 4 heteroatoms. The second-order valence-corrected chi connectivity index (χ2v) is 15.0. The maximum atomic E-state index is 6.64. The zero-order chi connectivity index (χ0) is 37.5. The molecule has 0 saturated heterocycles. The Bertz CT molecular complexity index is 3510. The number of fused-ring (bicyclic) bond motifs is 10. The molecular weight excluding hydrogens is 695 g/mol. The minimum Gasteiger partial charge on any atom is -0.456 e. The van der Waals surface area contributed by atoms with E-state index in [1.165, 1.54) is 59.4 Å². The van der Waals surface area contributed by atoms with Crippen LogP contribution >= 0.6 is 0 Å². The molecule has 1 aliphatic heterocycles. The van der Waals surface area contributed by atoms with E-state index in [0.717, 1.165) is 50.0 Å². The third kappa shape index (κ3) is 5.15. The highest BCUT2D eigenvalue weighted by Crippen LogP contribution is 2.38. The van der Waals surface area contributed by atoms with Gasteiger partial charge in [0.2, 0.25) is 0 Å². The summed E-state index contributed by atoms with van der Waals surface area (Å²) >= 11 is 0. The van der Waals surface area contributed by atoms with Gasteiger partial charge in [0.1, 0.15) is 23.2 Å². The van der Waals surface area contributed by atoms with Crippen molar-refractivity contribution < 1.29 is 4.42 Å². The topological polar surface area (TPSA) is 49.9 Å². The van der Waals surface area contributed by atoms with Gasteiger partial charge in [0.05, 0.1) is 0 Å². The molecular formula is C53H33N3O. The van der Waals surface area contributed by atoms with Gasteiger partial charge in [-0.1, -0.05) is 158 Å². The smallest absolute Gasteiger partial charge is 0.160 e. The molecule has 0 bridgehead atoms. The number of aliphatic imine (C=N–C) groups is 2. The van der Waals surface area contributed by atoms with Crippen LogP contribution in [0.4, 0.5) is 0 Å². The van der Waals surface area contributed by atoms with Crippen LogP contribution in [-0.2, 0) is 0 Å². The Balaban J connectivity index is 1.05. The summed E-state index contributed by atoms with van der Waals surface area (Å²) < 4.78 is 6.64. The fourth-order valence-electron chi connectivity index (χ4n) is 8.88. The average Bonchev–Trinajstić information content (AvgIpc) is 3.66. The van der Waals surface area contributed by atoms with E-state index in [0.29, 0.717) is 5.84 Å². The molecule has 2 heterocycles. The van der Waals surface area contributed by atoms with Gasteiger partial charge in [-0.05, 0) is 101 Å². The first-order valence-electron chi connectivity index (χ1n) is 19.4. The summed E-state index contributed by atoms with van der Waals surface area (Å²) in [6.07, 6.45) is -0.384. The predicted molar refractivity (Wildman–Crippen MR) is 239 cm³/mol. The lowest BCUT2D eigenvalue weighted by Crippen LogP contribution is -2.33. The summed E-state index contributed by atoms with van der Waals surface area (Å²) in [6, 6.07) is 67.0. The van der Waals surface area contributed by atoms with Crippen LogP contribution in [0.1, 0.15) is 22.9 Å². The van der Waals surface area contributed by atoms with Crippen LogP contribution in [0.3, 0.4) is 0 Å². The fourth-order valence-corrected chi connectivity index (χ4v) is 8.88. The highest BCUT2D eigenvalue weighted by atomic mass is 16.3. The maximum Gasteiger partial charge on any atom is 0.160 e. The molecule has 10 aromatic carbocycles. The van der Waals surface area contributed by atoms with Gasteiger partial charge < -0.3 is 9.73 Å². The predicted octanol–water partition coefficient (Wildman–Crippen LogP) is 13.5. The Morgan fingerprint density at radius 2 is 0.982 bits per heavy atom. The molecule has 1 unspecified atom stereocenters. The molecule has 0 amide bonds. The quantitative estimate of drug-likeness (QED) is 0.184. The summed E-state index contributed by atoms with van der Waals surface area (Å²) in [6.45, 7) is 0. The molecule has 0 spiro atoms. The second-order valence-electron chi connectivity index (χ2n) is 15.0. The third-order valence-electron chi connectivity index (χ3n) is 11.7. The van der Waals surface area contributed by atoms with Crippen molar-refractivity contribution in [2.45, 2.75) is 6.17 Å². The normalized spacial score (nSPS) is 14.5. The van der Waals surface area contributed by atoms with E-state index in [4.69, 9.17) is 14.4 Å². The molecule has 57 heavy (non-hydrogen) atoms. The summed E-state index contributed by atoms with van der Waals surface area (Å²) in [5.74, 6) is 1.44. The molecule has 1 atom stereocenters. The van der Waals surface area contributed by atoms with E-state index in [9.17, 15) is 0 Å². The Hall–Kier alpha value is -7.56. The van der Waals surface area contributed by atoms with Crippen LogP contribution in [-0.4, -0.2) is 11.7 Å². The minimum atomic E-state index is -0.384. The monoisotopic (exact) mass is 727 g/mol. The zero-order valence-corrected chi connectivity index (χ0v) is 30.8. The third-order valence-corrected chi connectivity index (χ3v) is 11.7. The first-order chi connectivity index (χ1) is 28.2. The lowest BCUT2D eigenvalue weighted by molar-refractivity contribution is 0.668. The minimum absolute atomic E-state index is 0.384. The number of hydrogen-bond donors (Lipinski definition) is 1. The number of furan rings is 1. The molecule has 12 rings (SSSR count). The Labute approximate surface area is 328 Å². The molecule has 0 fully saturated rings. The fraction of sp³-hybridized carbons (Fsp3) is 0.0189. The van der Waals surface area contributed by atoms with Gasteiger partial charge >= 0.3 is 0 Å². The van der Waals surface area contributed by atoms with E-state index in [2.05, 4.69) is 181 Å². The second kappa shape index (κ2) is 12.5. The van der Waals surface area contributed by atoms with Crippen LogP contribution in [0.15, 0.2) is 202 Å². The highest BCUT2D eigenvalue weighted by molar-refractivity contribution is 6.23. The maximum absolute atomic E-state index is 6.64. The number of hydrogen-bond acceptors (Lipinski definition) is 4. The van der Waals surface area contributed by atoms with Crippen molar-refractivity contribution in [2.24, 2.45) is 9.98 Å². The number of amidine groups is 2. The first kappa shape index (κ1) is 31.8. The van der Waals surface area contributed by atoms with Crippen molar-refractivity contribution in [1.29, 1.82) is 0 Å². The molecule has 0 saturated carbocycles. The SMILES string of the molecule is c1ccc2c(-c3ccc4c(c3)oc3cccc(C5=NC(c6ccc7ccc8ccccc8c7c6)NC(c6ccc7ccc8ccccc8c7c6)=N5)c34)cccc2c1. The summed E-state index contributed by atoms with van der Waals surface area (Å²) in [7, 11) is 0. The van der Waals surface area contributed by atoms with E-state index >= 15 is 0 Å². The van der Waals surface area contributed by atoms with Crippen LogP contribution in [0.25, 0.3) is 86.9 Å². The van der Waals surface area contributed by atoms with Crippen molar-refractivity contribution >= 4 is 87.5 Å². The number of nitrogens with zero attached hydrogens (tertiary/aromatic N) is 2. The molecule has 11 aromatic rings. The van der Waals surface area contributed by atoms with Crippen molar-refractivity contribution in [1.82, 2.24) is 5.32 Å². The van der Waals surface area contributed by atoms with Gasteiger partial charge in [0.25, 0.3) is 0 Å². The highest BCUT2D eigenvalue weighted by Gasteiger charge is 2.24. The van der Waals surface area contributed by atoms with Gasteiger partial charge in [0.15, 0.2) is 5.84 Å². The number of benzene rings is 10. The van der Waals surface area contributed by atoms with Crippen molar-refractivity contribution in [3.05, 3.63) is 205 Å². The molecule has 1 aliphatic rings. The molecule has 4 nitrogen and oxygen atoms in total. The van der Waals surface area contributed by atoms with Crippen molar-refractivity contribution in [2.75, 3.05) is 0 Å². The standard InChI is InChI=1S/C53H33N3O/c1-4-13-40-32(9-1)12-7-16-43(40)37-27-28-44-49(31-37)57-48-18-8-17-45(50(44)48)53-55-51(38-25-23-35-21-19-33-10-2-5-14-41(33)46(35)29-38)54-52(56-53)39-26-24-36-22-20-34-11-3-6-15-42(34)47(36)30-39/h1-31,51H,(H,54,55,56). The van der Waals surface area contributed by atoms with E-state index in [-0.39, 0.29) is 6.17 Å². The summed E-state index contributed by atoms with van der Waals surface area (Å²) in [5.41, 5.74) is 6.95. The molecule has 1 N–H and O–H groups in total. The molecule has 0 aliphatic carbocycles. The Kier molecular flexibility index (Phi) is 6.96. The molecule has 1 aromatic heterocycles. The van der Waals surface area contributed by atoms with Crippen LogP contribution in [0, 0.1) is 0 Å². The van der Waals surface area contributed by atoms with E-state index in [1.807, 2.05) is 12.1 Å². The lowest BCUT2D eigenvalue weighted by atomic mass is 9.96. The lowest BCUT2D eigenvalue weighted by Gasteiger charge is -2.24. The largest absolute Gasteiger partial charge is 0.456 e. The van der Waals surface area contributed by atoms with Gasteiger partial charge in [-0.2, -0.15) is 0 Å². The van der Waals surface area contributed by atoms with Crippen molar-refractivity contribution in [3.63, 3.8) is 0 Å². The molecule has 0 radical (unpaired) electrons. The first-order valence-corrected chi connectivity index (χ1v) is 19.4. The van der Waals surface area contributed by atoms with Gasteiger partial charge in [0, 0.05) is 21.9 Å². The van der Waals surface area contributed by atoms with Gasteiger partial charge in [-0.3, -0.25) is 0 Å². The van der Waals surface area contributed by atoms with Gasteiger partial charge in [-0.15, -0.1) is 0 Å². The number of rotatable bonds is 4. The van der Waals surface area contributed by atoms with Crippen molar-refractivity contribution in [3.8, 4) is 11.1 Å². The Morgan fingerprint density at radius 3 is 1.75 bits per heavy atom. The zero-order valence-electron chi connectivity index (χ0n) is 30.8. The molecule has 266 valence electrons. The van der Waals surface area contributed by atoms with Gasteiger partial charge in [-0.25, -0.2) is 9.98 Å². The van der Waals surface area contributed by atoms with Crippen LogP contribution in [0.2, 0.25) is 0 Å². The summed E-state index contributed by atoms with van der Waals surface area (Å²) in [5, 5.41) is 17.9. The van der Waals surface area contributed by atoms with E-state index < -0.39 is 0 Å². The number of nitrogens with one attached hydrogen (secondary N) is 1. The van der Waals surface area contributed by atoms with Crippen LogP contribution in [0.5, 0.6) is 0 Å². The average molecular weight is 728 g/mol. The Morgan fingerprint density at radius 1 is 0.404 bits per heavy atom. The van der Waals surface area contributed by atoms with Crippen LogP contribution < -0.4 is 5.32 Å². The van der Waals surface area contributed by atoms with E-state index in [1.54, 1.807) is 0 Å².